The second-order valence-electron chi connectivity index (χ2n) is 10.8. The Bertz CT molecular complexity index is 742. The van der Waals surface area contributed by atoms with Gasteiger partial charge >= 0.3 is 27.7 Å². The molecular formula is C27H49BrO4SiTi. The zero-order valence-corrected chi connectivity index (χ0v) is 27.7. The fraction of sp³-hybridized carbons (Fsp3) is 0.704. The van der Waals surface area contributed by atoms with Gasteiger partial charge in [0, 0.05) is 0 Å². The van der Waals surface area contributed by atoms with E-state index in [0.717, 1.165) is 28.5 Å². The fourth-order valence-electron chi connectivity index (χ4n) is 2.79. The number of aryl methyl sites for hydroxylation is 1. The van der Waals surface area contributed by atoms with Crippen LogP contribution in [-0.4, -0.2) is 25.9 Å². The molecule has 0 atom stereocenters. The molecule has 0 saturated carbocycles. The van der Waals surface area contributed by atoms with Crippen molar-refractivity contribution >= 4 is 25.8 Å². The van der Waals surface area contributed by atoms with Crippen LogP contribution in [0, 0.1) is 0 Å². The minimum atomic E-state index is -1.66. The van der Waals surface area contributed by atoms with Crippen LogP contribution in [-0.2, 0) is 38.0 Å². The molecule has 0 bridgehead atoms. The van der Waals surface area contributed by atoms with Crippen LogP contribution in [0.5, 0.6) is 0 Å². The summed E-state index contributed by atoms with van der Waals surface area (Å²) in [4.78, 5) is 0. The molecule has 0 aliphatic carbocycles. The van der Waals surface area contributed by atoms with E-state index in [1.807, 2.05) is 20.8 Å². The van der Waals surface area contributed by atoms with Gasteiger partial charge in [-0.05, 0) is 55.6 Å². The molecule has 0 aromatic heterocycles. The Kier molecular flexibility index (Phi) is 24.1. The van der Waals surface area contributed by atoms with E-state index in [-0.39, 0.29) is 44.6 Å². The topological polar surface area (TPSA) is 75.2 Å². The van der Waals surface area contributed by atoms with Crippen molar-refractivity contribution in [3.63, 3.8) is 0 Å². The summed E-state index contributed by atoms with van der Waals surface area (Å²) >= 11 is 0. The van der Waals surface area contributed by atoms with Crippen molar-refractivity contribution in [2.24, 2.45) is 0 Å². The van der Waals surface area contributed by atoms with E-state index in [1.165, 1.54) is 24.8 Å². The van der Waals surface area contributed by atoms with Gasteiger partial charge in [-0.2, -0.15) is 0 Å². The van der Waals surface area contributed by atoms with E-state index >= 15 is 0 Å². The standard InChI is InChI=1S/C21H35O2Si.2C3H7O.BrH.Ti/c1-9-10-11-12-13-17-15-18(20(22)23-21(3,4)5)19(14-16(17)2)24(6,7)8;2*1-3(2)4;;/h14-15H,2,9-13H2,1,3-8H3;2*3H,1-2H3;1H;/q;2*-1;;+3/p-1. The van der Waals surface area contributed by atoms with Gasteiger partial charge in [-0.1, -0.05) is 86.2 Å². The third kappa shape index (κ3) is 22.4. The molecule has 0 unspecified atom stereocenters. The number of halogens is 1. The van der Waals surface area contributed by atoms with Gasteiger partial charge in [0.2, 0.25) is 0 Å². The first kappa shape index (κ1) is 41.0. The molecule has 1 aromatic rings. The molecule has 2 radical (unpaired) electrons. The smallest absolute Gasteiger partial charge is 1.00 e. The summed E-state index contributed by atoms with van der Waals surface area (Å²) < 4.78 is 5.66. The second-order valence-corrected chi connectivity index (χ2v) is 15.9. The summed E-state index contributed by atoms with van der Waals surface area (Å²) in [5, 5.41) is 34.8. The van der Waals surface area contributed by atoms with E-state index in [9.17, 15) is 15.3 Å². The van der Waals surface area contributed by atoms with Crippen LogP contribution in [0.1, 0.15) is 86.6 Å². The molecule has 0 heterocycles. The Hall–Kier alpha value is -0.109. The summed E-state index contributed by atoms with van der Waals surface area (Å²) in [6, 6.07) is 4.19. The van der Waals surface area contributed by atoms with Crippen LogP contribution in [0.15, 0.2) is 12.1 Å². The molecule has 7 heteroatoms. The molecule has 0 spiro atoms. The molecule has 0 aliphatic rings. The largest absolute Gasteiger partial charge is 3.00 e. The number of hydrogen-bond acceptors (Lipinski definition) is 3. The van der Waals surface area contributed by atoms with Crippen molar-refractivity contribution in [1.82, 2.24) is 0 Å². The van der Waals surface area contributed by atoms with E-state index in [4.69, 9.17) is 4.74 Å². The van der Waals surface area contributed by atoms with Gasteiger partial charge in [-0.25, -0.2) is 5.11 Å². The van der Waals surface area contributed by atoms with Crippen molar-refractivity contribution in [1.29, 1.82) is 0 Å². The SMILES string of the molecule is C=c1cc([Si](C)(C)C)c(=C([O])OC(C)(C)C)cc1CCCCCC.CC(C)[O-].CC(C)[O-].[Br-].[Ti+3]. The molecule has 196 valence electrons. The molecule has 0 amide bonds. The summed E-state index contributed by atoms with van der Waals surface area (Å²) in [6.07, 6.45) is 5.03. The van der Waals surface area contributed by atoms with Crippen molar-refractivity contribution in [3.8, 4) is 0 Å². The molecule has 0 aliphatic heterocycles. The molecule has 1 aromatic carbocycles. The van der Waals surface area contributed by atoms with Gasteiger partial charge in [0.1, 0.15) is 5.60 Å². The number of rotatable bonds is 7. The maximum atomic E-state index is 12.7. The van der Waals surface area contributed by atoms with E-state index < -0.39 is 25.9 Å². The maximum absolute atomic E-state index is 12.7. The molecule has 0 fully saturated rings. The quantitative estimate of drug-likeness (QED) is 0.343. The van der Waals surface area contributed by atoms with Crippen LogP contribution >= 0.6 is 0 Å². The maximum Gasteiger partial charge on any atom is 3.00 e. The Balaban J connectivity index is -0.000000390. The molecule has 4 nitrogen and oxygen atoms in total. The third-order valence-corrected chi connectivity index (χ3v) is 6.10. The van der Waals surface area contributed by atoms with Crippen LogP contribution in [0.2, 0.25) is 19.6 Å². The first-order chi connectivity index (χ1) is 14.4. The first-order valence-electron chi connectivity index (χ1n) is 12.0. The average molecular weight is 594 g/mol. The molecule has 0 saturated heterocycles. The Morgan fingerprint density at radius 2 is 1.44 bits per heavy atom. The molecule has 0 N–H and O–H groups in total. The van der Waals surface area contributed by atoms with E-state index in [0.29, 0.717) is 0 Å². The first-order valence-corrected chi connectivity index (χ1v) is 15.5. The summed E-state index contributed by atoms with van der Waals surface area (Å²) in [5.74, 6) is -0.199. The Morgan fingerprint density at radius 3 is 1.79 bits per heavy atom. The molecular weight excluding hydrogens is 544 g/mol. The van der Waals surface area contributed by atoms with E-state index in [1.54, 1.807) is 27.7 Å². The minimum absolute atomic E-state index is 0. The van der Waals surface area contributed by atoms with Crippen LogP contribution in [0.4, 0.5) is 0 Å². The van der Waals surface area contributed by atoms with Gasteiger partial charge in [-0.15, -0.1) is 12.2 Å². The third-order valence-electron chi connectivity index (χ3n) is 4.07. The predicted molar refractivity (Wildman–Crippen MR) is 137 cm³/mol. The zero-order chi connectivity index (χ0) is 25.7. The number of hydrogen-bond donors (Lipinski definition) is 0. The number of ether oxygens (including phenoxy) is 1. The van der Waals surface area contributed by atoms with Gasteiger partial charge in [0.05, 0.1) is 13.3 Å². The van der Waals surface area contributed by atoms with Gasteiger partial charge < -0.3 is 31.9 Å². The number of unbranched alkanes of at least 4 members (excludes halogenated alkanes) is 3. The van der Waals surface area contributed by atoms with Crippen LogP contribution in [0.3, 0.4) is 0 Å². The van der Waals surface area contributed by atoms with Gasteiger partial charge in [0.25, 0.3) is 0 Å². The molecule has 1 rings (SSSR count). The zero-order valence-electron chi connectivity index (χ0n) is 23.6. The average Bonchev–Trinajstić information content (AvgIpc) is 2.56. The van der Waals surface area contributed by atoms with E-state index in [2.05, 4.69) is 45.3 Å². The Morgan fingerprint density at radius 1 is 1.00 bits per heavy atom. The predicted octanol–water partition coefficient (Wildman–Crippen LogP) is 0.588. The van der Waals surface area contributed by atoms with Crippen LogP contribution in [0.25, 0.3) is 12.5 Å². The van der Waals surface area contributed by atoms with Crippen molar-refractivity contribution < 1.29 is 58.8 Å². The monoisotopic (exact) mass is 592 g/mol. The van der Waals surface area contributed by atoms with Crippen LogP contribution < -0.4 is 42.8 Å². The normalized spacial score (nSPS) is 11.9. The summed E-state index contributed by atoms with van der Waals surface area (Å²) in [6.45, 7) is 25.4. The molecule has 34 heavy (non-hydrogen) atoms. The van der Waals surface area contributed by atoms with Gasteiger partial charge in [0.15, 0.2) is 0 Å². The summed E-state index contributed by atoms with van der Waals surface area (Å²) in [7, 11) is -1.66. The van der Waals surface area contributed by atoms with Gasteiger partial charge in [-0.3, -0.25) is 0 Å². The van der Waals surface area contributed by atoms with Crippen molar-refractivity contribution in [3.05, 3.63) is 28.1 Å². The Labute approximate surface area is 236 Å². The van der Waals surface area contributed by atoms with Crippen molar-refractivity contribution in [2.45, 2.75) is 125 Å². The number of benzene rings is 1. The second kappa shape index (κ2) is 20.0. The van der Waals surface area contributed by atoms with Crippen molar-refractivity contribution in [2.75, 3.05) is 0 Å². The minimum Gasteiger partial charge on any atom is -1.00 e. The summed E-state index contributed by atoms with van der Waals surface area (Å²) in [5.41, 5.74) is 0.715. The fourth-order valence-corrected chi connectivity index (χ4v) is 4.38.